The van der Waals surface area contributed by atoms with Gasteiger partial charge in [-0.2, -0.15) is 0 Å². The van der Waals surface area contributed by atoms with Gasteiger partial charge in [-0.05, 0) is 12.8 Å². The van der Waals surface area contributed by atoms with Gasteiger partial charge in [0.25, 0.3) is 0 Å². The van der Waals surface area contributed by atoms with Gasteiger partial charge in [0.2, 0.25) is 0 Å². The van der Waals surface area contributed by atoms with E-state index in [9.17, 15) is 0 Å². The summed E-state index contributed by atoms with van der Waals surface area (Å²) in [5.74, 6) is 2.20. The first kappa shape index (κ1) is 10.9. The lowest BCUT2D eigenvalue weighted by atomic mass is 10.2. The second-order valence-electron chi connectivity index (χ2n) is 4.21. The van der Waals surface area contributed by atoms with Gasteiger partial charge in [-0.25, -0.2) is 0 Å². The summed E-state index contributed by atoms with van der Waals surface area (Å²) in [4.78, 5) is 5.31. The summed E-state index contributed by atoms with van der Waals surface area (Å²) in [6.45, 7) is 2.71. The van der Waals surface area contributed by atoms with Crippen molar-refractivity contribution in [1.82, 2.24) is 25.1 Å². The van der Waals surface area contributed by atoms with Crippen LogP contribution in [0.25, 0.3) is 0 Å². The molecule has 0 aromatic carbocycles. The summed E-state index contributed by atoms with van der Waals surface area (Å²) < 4.78 is 2.25. The molecule has 90 valence electrons. The molecule has 0 unspecified atom stereocenters. The third-order valence-corrected chi connectivity index (χ3v) is 3.78. The molecule has 0 radical (unpaired) electrons. The first-order chi connectivity index (χ1) is 8.43. The summed E-state index contributed by atoms with van der Waals surface area (Å²) in [5, 5.41) is 11.9. The van der Waals surface area contributed by atoms with Gasteiger partial charge in [0, 0.05) is 30.6 Å². The summed E-state index contributed by atoms with van der Waals surface area (Å²) in [5.41, 5.74) is 1.86. The third kappa shape index (κ3) is 2.37. The van der Waals surface area contributed by atoms with Gasteiger partial charge in [-0.15, -0.1) is 21.5 Å². The van der Waals surface area contributed by atoms with Crippen molar-refractivity contribution in [1.29, 1.82) is 0 Å². The predicted molar refractivity (Wildman–Crippen MR) is 65.6 cm³/mol. The first-order valence-corrected chi connectivity index (χ1v) is 6.80. The van der Waals surface area contributed by atoms with Crippen LogP contribution < -0.4 is 5.32 Å². The van der Waals surface area contributed by atoms with Crippen molar-refractivity contribution in [3.63, 3.8) is 0 Å². The highest BCUT2D eigenvalue weighted by Crippen LogP contribution is 2.14. The molecule has 0 atom stereocenters. The minimum Gasteiger partial charge on any atom is -0.314 e. The number of aromatic nitrogens is 4. The molecule has 5 nitrogen and oxygen atoms in total. The number of hydrogen-bond donors (Lipinski definition) is 1. The fourth-order valence-corrected chi connectivity index (χ4v) is 2.69. The number of nitrogens with one attached hydrogen (secondary N) is 1. The number of fused-ring (bicyclic) bond motifs is 1. The maximum Gasteiger partial charge on any atom is 0.147 e. The smallest absolute Gasteiger partial charge is 0.147 e. The zero-order valence-electron chi connectivity index (χ0n) is 9.59. The quantitative estimate of drug-likeness (QED) is 0.889. The Morgan fingerprint density at radius 1 is 1.29 bits per heavy atom. The average Bonchev–Trinajstić information content (AvgIpc) is 2.99. The Morgan fingerprint density at radius 2 is 2.29 bits per heavy atom. The largest absolute Gasteiger partial charge is 0.314 e. The molecule has 0 saturated carbocycles. The predicted octanol–water partition coefficient (Wildman–Crippen LogP) is 1.36. The van der Waals surface area contributed by atoms with E-state index in [4.69, 9.17) is 0 Å². The molecule has 3 rings (SSSR count). The summed E-state index contributed by atoms with van der Waals surface area (Å²) in [7, 11) is 0. The van der Waals surface area contributed by atoms with Gasteiger partial charge in [-0.3, -0.25) is 4.98 Å². The number of aryl methyl sites for hydroxylation is 1. The monoisotopic (exact) mass is 249 g/mol. The fraction of sp³-hybridized carbons (Fsp3) is 0.545. The van der Waals surface area contributed by atoms with E-state index in [1.165, 1.54) is 17.7 Å². The first-order valence-electron chi connectivity index (χ1n) is 5.92. The van der Waals surface area contributed by atoms with Crippen LogP contribution in [0.5, 0.6) is 0 Å². The van der Waals surface area contributed by atoms with Crippen LogP contribution in [-0.2, 0) is 26.1 Å². The van der Waals surface area contributed by atoms with Gasteiger partial charge in [0.1, 0.15) is 11.6 Å². The maximum absolute atomic E-state index is 4.25. The van der Waals surface area contributed by atoms with Gasteiger partial charge in [0.15, 0.2) is 0 Å². The molecule has 0 spiro atoms. The zero-order valence-corrected chi connectivity index (χ0v) is 10.4. The number of nitrogens with zero attached hydrogens (tertiary/aromatic N) is 4. The van der Waals surface area contributed by atoms with Gasteiger partial charge < -0.3 is 9.88 Å². The molecule has 1 aliphatic rings. The van der Waals surface area contributed by atoms with Crippen LogP contribution in [0.3, 0.4) is 0 Å². The molecule has 0 fully saturated rings. The van der Waals surface area contributed by atoms with Crippen molar-refractivity contribution < 1.29 is 0 Å². The number of rotatable bonds is 4. The summed E-state index contributed by atoms with van der Waals surface area (Å²) >= 11 is 1.67. The van der Waals surface area contributed by atoms with E-state index in [1.807, 2.05) is 11.7 Å². The van der Waals surface area contributed by atoms with E-state index in [0.29, 0.717) is 0 Å². The number of thiazole rings is 1. The second kappa shape index (κ2) is 4.93. The van der Waals surface area contributed by atoms with Crippen molar-refractivity contribution in [2.75, 3.05) is 0 Å². The molecule has 2 aromatic rings. The third-order valence-electron chi connectivity index (χ3n) is 3.00. The lowest BCUT2D eigenvalue weighted by Gasteiger charge is -2.14. The molecular weight excluding hydrogens is 234 g/mol. The molecule has 0 amide bonds. The molecule has 1 N–H and O–H groups in total. The molecule has 0 saturated heterocycles. The lowest BCUT2D eigenvalue weighted by molar-refractivity contribution is 0.497. The van der Waals surface area contributed by atoms with Crippen molar-refractivity contribution in [2.24, 2.45) is 0 Å². The van der Waals surface area contributed by atoms with E-state index in [1.54, 1.807) is 11.3 Å². The molecule has 0 aliphatic carbocycles. The van der Waals surface area contributed by atoms with E-state index >= 15 is 0 Å². The van der Waals surface area contributed by atoms with Gasteiger partial charge in [-0.1, -0.05) is 0 Å². The Balaban J connectivity index is 1.60. The molecule has 0 bridgehead atoms. The fourth-order valence-electron chi connectivity index (χ4n) is 2.13. The van der Waals surface area contributed by atoms with Crippen LogP contribution in [0.1, 0.15) is 29.4 Å². The summed E-state index contributed by atoms with van der Waals surface area (Å²) in [6, 6.07) is 0. The van der Waals surface area contributed by atoms with Crippen molar-refractivity contribution in [3.05, 3.63) is 28.2 Å². The standard InChI is InChI=1S/C11H15N5S/c1-2-4-16-10(3-1)14-15-11(16)7-12-5-9-6-13-8-17-9/h6,8,12H,1-5,7H2. The van der Waals surface area contributed by atoms with Crippen LogP contribution in [0.4, 0.5) is 0 Å². The van der Waals surface area contributed by atoms with Crippen LogP contribution in [0.15, 0.2) is 11.7 Å². The highest BCUT2D eigenvalue weighted by atomic mass is 32.1. The van der Waals surface area contributed by atoms with E-state index in [-0.39, 0.29) is 0 Å². The summed E-state index contributed by atoms with van der Waals surface area (Å²) in [6.07, 6.45) is 5.46. The minimum absolute atomic E-state index is 0.783. The molecule has 1 aliphatic heterocycles. The molecule has 17 heavy (non-hydrogen) atoms. The second-order valence-corrected chi connectivity index (χ2v) is 5.18. The van der Waals surface area contributed by atoms with E-state index in [2.05, 4.69) is 25.1 Å². The lowest BCUT2D eigenvalue weighted by Crippen LogP contribution is -2.19. The average molecular weight is 249 g/mol. The molecule has 2 aromatic heterocycles. The molecule has 6 heteroatoms. The highest BCUT2D eigenvalue weighted by Gasteiger charge is 2.14. The van der Waals surface area contributed by atoms with Crippen LogP contribution in [0.2, 0.25) is 0 Å². The Morgan fingerprint density at radius 3 is 3.18 bits per heavy atom. The minimum atomic E-state index is 0.783. The Hall–Kier alpha value is -1.27. The topological polar surface area (TPSA) is 55.6 Å². The van der Waals surface area contributed by atoms with Crippen molar-refractivity contribution in [2.45, 2.75) is 38.9 Å². The maximum atomic E-state index is 4.25. The van der Waals surface area contributed by atoms with Gasteiger partial charge in [0.05, 0.1) is 12.1 Å². The van der Waals surface area contributed by atoms with Gasteiger partial charge >= 0.3 is 0 Å². The molecular formula is C11H15N5S. The number of hydrogen-bond acceptors (Lipinski definition) is 5. The Kier molecular flexibility index (Phi) is 3.15. The highest BCUT2D eigenvalue weighted by molar-refractivity contribution is 7.09. The SMILES string of the molecule is c1ncc(CNCc2nnc3n2CCCC3)s1. The van der Waals surface area contributed by atoms with E-state index < -0.39 is 0 Å². The van der Waals surface area contributed by atoms with Crippen LogP contribution in [0, 0.1) is 0 Å². The van der Waals surface area contributed by atoms with Crippen LogP contribution >= 0.6 is 11.3 Å². The van der Waals surface area contributed by atoms with Crippen LogP contribution in [-0.4, -0.2) is 19.7 Å². The Labute approximate surface area is 104 Å². The van der Waals surface area contributed by atoms with E-state index in [0.717, 1.165) is 37.7 Å². The van der Waals surface area contributed by atoms with Crippen molar-refractivity contribution >= 4 is 11.3 Å². The normalized spacial score (nSPS) is 14.8. The zero-order chi connectivity index (χ0) is 11.5. The molecule has 3 heterocycles. The Bertz CT molecular complexity index is 476. The van der Waals surface area contributed by atoms with Crippen molar-refractivity contribution in [3.8, 4) is 0 Å².